The van der Waals surface area contributed by atoms with E-state index < -0.39 is 0 Å². The van der Waals surface area contributed by atoms with E-state index in [2.05, 4.69) is 22.1 Å². The van der Waals surface area contributed by atoms with Crippen LogP contribution in [0.15, 0.2) is 48.1 Å². The third-order valence-electron chi connectivity index (χ3n) is 2.77. The maximum absolute atomic E-state index is 12.0. The Morgan fingerprint density at radius 1 is 1.41 bits per heavy atom. The van der Waals surface area contributed by atoms with Crippen LogP contribution in [0.3, 0.4) is 0 Å². The van der Waals surface area contributed by atoms with Gasteiger partial charge in [-0.1, -0.05) is 36.0 Å². The minimum Gasteiger partial charge on any atom is -0.377 e. The number of benzene rings is 1. The number of nitrogens with one attached hydrogen (secondary N) is 1. The molecule has 116 valence electrons. The Hall–Kier alpha value is -2.12. The van der Waals surface area contributed by atoms with E-state index in [1.54, 1.807) is 13.2 Å². The Morgan fingerprint density at radius 3 is 2.86 bits per heavy atom. The van der Waals surface area contributed by atoms with Crippen molar-refractivity contribution in [3.8, 4) is 0 Å². The van der Waals surface area contributed by atoms with E-state index in [4.69, 9.17) is 4.74 Å². The number of hydrogen-bond donors (Lipinski definition) is 1. The molecule has 0 unspecified atom stereocenters. The number of hydrogen-bond acceptors (Lipinski definition) is 5. The van der Waals surface area contributed by atoms with Gasteiger partial charge in [-0.25, -0.2) is 0 Å². The molecular formula is C15H18N4O2S. The van der Waals surface area contributed by atoms with Gasteiger partial charge in [0.1, 0.15) is 6.61 Å². The Bertz CT molecular complexity index is 628. The quantitative estimate of drug-likeness (QED) is 0.597. The molecule has 1 amide bonds. The van der Waals surface area contributed by atoms with Crippen molar-refractivity contribution in [1.82, 2.24) is 14.8 Å². The van der Waals surface area contributed by atoms with Gasteiger partial charge in [-0.2, -0.15) is 0 Å². The van der Waals surface area contributed by atoms with Crippen LogP contribution in [0.25, 0.3) is 0 Å². The molecule has 1 aromatic heterocycles. The van der Waals surface area contributed by atoms with Crippen molar-refractivity contribution in [2.75, 3.05) is 18.2 Å². The Morgan fingerprint density at radius 2 is 2.18 bits per heavy atom. The largest absolute Gasteiger partial charge is 0.377 e. The summed E-state index contributed by atoms with van der Waals surface area (Å²) in [6.45, 7) is 4.67. The molecule has 0 saturated carbocycles. The minimum atomic E-state index is -0.0855. The molecule has 7 heteroatoms. The third kappa shape index (κ3) is 4.44. The first-order chi connectivity index (χ1) is 10.7. The fraction of sp³-hybridized carbons (Fsp3) is 0.267. The topological polar surface area (TPSA) is 69.0 Å². The third-order valence-corrected chi connectivity index (χ3v) is 3.74. The lowest BCUT2D eigenvalue weighted by molar-refractivity contribution is -0.113. The van der Waals surface area contributed by atoms with Gasteiger partial charge in [-0.05, 0) is 12.1 Å². The lowest BCUT2D eigenvalue weighted by atomic mass is 10.3. The molecule has 0 saturated heterocycles. The number of methoxy groups -OCH3 is 1. The molecular weight excluding hydrogens is 300 g/mol. The van der Waals surface area contributed by atoms with E-state index in [0.717, 1.165) is 5.69 Å². The highest BCUT2D eigenvalue weighted by Gasteiger charge is 2.13. The zero-order valence-corrected chi connectivity index (χ0v) is 13.2. The van der Waals surface area contributed by atoms with Crippen LogP contribution in [0.5, 0.6) is 0 Å². The summed E-state index contributed by atoms with van der Waals surface area (Å²) in [5.74, 6) is 0.892. The van der Waals surface area contributed by atoms with Gasteiger partial charge in [0.25, 0.3) is 0 Å². The van der Waals surface area contributed by atoms with Crippen molar-refractivity contribution in [3.05, 3.63) is 48.8 Å². The van der Waals surface area contributed by atoms with Crippen LogP contribution in [-0.2, 0) is 22.7 Å². The predicted octanol–water partition coefficient (Wildman–Crippen LogP) is 2.34. The summed E-state index contributed by atoms with van der Waals surface area (Å²) in [6, 6.07) is 9.35. The van der Waals surface area contributed by atoms with Gasteiger partial charge in [0.2, 0.25) is 5.91 Å². The summed E-state index contributed by atoms with van der Waals surface area (Å²) < 4.78 is 6.97. The second-order valence-corrected chi connectivity index (χ2v) is 5.38. The van der Waals surface area contributed by atoms with Gasteiger partial charge in [-0.3, -0.25) is 4.79 Å². The molecule has 0 bridgehead atoms. The zero-order valence-electron chi connectivity index (χ0n) is 12.4. The highest BCUT2D eigenvalue weighted by molar-refractivity contribution is 7.99. The smallest absolute Gasteiger partial charge is 0.234 e. The van der Waals surface area contributed by atoms with Gasteiger partial charge in [0.05, 0.1) is 5.75 Å². The molecule has 0 aliphatic rings. The highest BCUT2D eigenvalue weighted by Crippen LogP contribution is 2.18. The zero-order chi connectivity index (χ0) is 15.8. The molecule has 1 aromatic carbocycles. The second-order valence-electron chi connectivity index (χ2n) is 4.43. The minimum absolute atomic E-state index is 0.0855. The first kappa shape index (κ1) is 16.3. The second kappa shape index (κ2) is 8.35. The lowest BCUT2D eigenvalue weighted by Gasteiger charge is -2.07. The summed E-state index contributed by atoms with van der Waals surface area (Å²) in [6.07, 6.45) is 1.76. The summed E-state index contributed by atoms with van der Waals surface area (Å²) in [4.78, 5) is 12.0. The van der Waals surface area contributed by atoms with Crippen LogP contribution in [0.4, 0.5) is 5.69 Å². The van der Waals surface area contributed by atoms with Gasteiger partial charge < -0.3 is 14.6 Å². The normalized spacial score (nSPS) is 10.4. The number of rotatable bonds is 8. The summed E-state index contributed by atoms with van der Waals surface area (Å²) in [7, 11) is 1.60. The number of thioether (sulfide) groups is 1. The molecule has 0 atom stereocenters. The number of carbonyl (C=O) groups is 1. The average Bonchev–Trinajstić information content (AvgIpc) is 2.89. The number of nitrogens with zero attached hydrogens (tertiary/aromatic N) is 3. The van der Waals surface area contributed by atoms with E-state index in [0.29, 0.717) is 24.1 Å². The maximum Gasteiger partial charge on any atom is 0.234 e. The highest BCUT2D eigenvalue weighted by atomic mass is 32.2. The molecule has 0 aliphatic carbocycles. The van der Waals surface area contributed by atoms with E-state index in [-0.39, 0.29) is 11.7 Å². The number of ether oxygens (including phenoxy) is 1. The number of para-hydroxylation sites is 1. The molecule has 2 aromatic rings. The van der Waals surface area contributed by atoms with Crippen molar-refractivity contribution >= 4 is 23.4 Å². The predicted molar refractivity (Wildman–Crippen MR) is 86.7 cm³/mol. The molecule has 2 rings (SSSR count). The summed E-state index contributed by atoms with van der Waals surface area (Å²) >= 11 is 1.34. The van der Waals surface area contributed by atoms with Crippen LogP contribution in [0.2, 0.25) is 0 Å². The number of aromatic nitrogens is 3. The van der Waals surface area contributed by atoms with Crippen molar-refractivity contribution in [1.29, 1.82) is 0 Å². The van der Waals surface area contributed by atoms with Crippen molar-refractivity contribution < 1.29 is 9.53 Å². The van der Waals surface area contributed by atoms with Gasteiger partial charge in [0, 0.05) is 19.3 Å². The van der Waals surface area contributed by atoms with E-state index in [1.165, 1.54) is 11.8 Å². The van der Waals surface area contributed by atoms with Crippen molar-refractivity contribution in [3.63, 3.8) is 0 Å². The standard InChI is InChI=1S/C15H18N4O2S/c1-3-9-19-13(10-21-2)17-18-15(19)22-11-14(20)16-12-7-5-4-6-8-12/h3-8H,1,9-11H2,2H3,(H,16,20). The fourth-order valence-corrected chi connectivity index (χ4v) is 2.59. The van der Waals surface area contributed by atoms with Gasteiger partial charge >= 0.3 is 0 Å². The molecule has 0 aliphatic heterocycles. The van der Waals surface area contributed by atoms with Crippen molar-refractivity contribution in [2.24, 2.45) is 0 Å². The van der Waals surface area contributed by atoms with E-state index >= 15 is 0 Å². The number of amides is 1. The Kier molecular flexibility index (Phi) is 6.17. The number of carbonyl (C=O) groups excluding carboxylic acids is 1. The molecule has 0 spiro atoms. The number of anilines is 1. The average molecular weight is 318 g/mol. The van der Waals surface area contributed by atoms with E-state index in [9.17, 15) is 4.79 Å². The maximum atomic E-state index is 12.0. The summed E-state index contributed by atoms with van der Waals surface area (Å²) in [5.41, 5.74) is 0.778. The molecule has 6 nitrogen and oxygen atoms in total. The Balaban J connectivity index is 1.96. The first-order valence-corrected chi connectivity index (χ1v) is 7.72. The van der Waals surface area contributed by atoms with Crippen LogP contribution < -0.4 is 5.32 Å². The van der Waals surface area contributed by atoms with Crippen LogP contribution in [-0.4, -0.2) is 33.5 Å². The van der Waals surface area contributed by atoms with Crippen LogP contribution in [0.1, 0.15) is 5.82 Å². The van der Waals surface area contributed by atoms with Crippen LogP contribution in [0, 0.1) is 0 Å². The van der Waals surface area contributed by atoms with E-state index in [1.807, 2.05) is 34.9 Å². The molecule has 0 radical (unpaired) electrons. The molecule has 1 N–H and O–H groups in total. The van der Waals surface area contributed by atoms with Crippen LogP contribution >= 0.6 is 11.8 Å². The number of allylic oxidation sites excluding steroid dienone is 1. The summed E-state index contributed by atoms with van der Waals surface area (Å²) in [5, 5.41) is 11.7. The first-order valence-electron chi connectivity index (χ1n) is 6.74. The van der Waals surface area contributed by atoms with Gasteiger partial charge in [-0.15, -0.1) is 16.8 Å². The monoisotopic (exact) mass is 318 g/mol. The SMILES string of the molecule is C=CCn1c(COC)nnc1SCC(=O)Nc1ccccc1. The van der Waals surface area contributed by atoms with Crippen molar-refractivity contribution in [2.45, 2.75) is 18.3 Å². The Labute approximate surface area is 133 Å². The molecule has 22 heavy (non-hydrogen) atoms. The molecule has 0 fully saturated rings. The fourth-order valence-electron chi connectivity index (χ4n) is 1.82. The lowest BCUT2D eigenvalue weighted by Crippen LogP contribution is -2.14. The molecule has 1 heterocycles. The van der Waals surface area contributed by atoms with Gasteiger partial charge in [0.15, 0.2) is 11.0 Å².